The predicted molar refractivity (Wildman–Crippen MR) is 77.8 cm³/mol. The second-order valence-electron chi connectivity index (χ2n) is 7.22. The highest BCUT2D eigenvalue weighted by Gasteiger charge is 2.40. The molecule has 0 aliphatic heterocycles. The minimum atomic E-state index is 0.0718. The summed E-state index contributed by atoms with van der Waals surface area (Å²) in [5.74, 6) is 0.643. The maximum absolute atomic E-state index is 11.1. The van der Waals surface area contributed by atoms with Crippen molar-refractivity contribution >= 4 is 5.91 Å². The minimum Gasteiger partial charge on any atom is -0.370 e. The lowest BCUT2D eigenvalue weighted by molar-refractivity contribution is -0.119. The molecule has 1 aliphatic carbocycles. The minimum absolute atomic E-state index is 0.0718. The highest BCUT2D eigenvalue weighted by atomic mass is 16.5. The van der Waals surface area contributed by atoms with E-state index in [1.54, 1.807) is 14.0 Å². The van der Waals surface area contributed by atoms with E-state index in [1.807, 2.05) is 0 Å². The Balaban J connectivity index is 2.58. The number of methoxy groups -OCH3 is 1. The summed E-state index contributed by atoms with van der Waals surface area (Å²) in [5, 5.41) is 6.33. The van der Waals surface area contributed by atoms with Gasteiger partial charge in [-0.15, -0.1) is 0 Å². The molecule has 2 N–H and O–H groups in total. The van der Waals surface area contributed by atoms with Crippen LogP contribution < -0.4 is 10.6 Å². The molecule has 112 valence electrons. The van der Waals surface area contributed by atoms with E-state index in [4.69, 9.17) is 4.74 Å². The number of hydrogen-bond donors (Lipinski definition) is 2. The second-order valence-corrected chi connectivity index (χ2v) is 7.22. The van der Waals surface area contributed by atoms with Crippen LogP contribution >= 0.6 is 0 Å². The number of ether oxygens (including phenoxy) is 1. The van der Waals surface area contributed by atoms with Crippen LogP contribution in [0.5, 0.6) is 0 Å². The van der Waals surface area contributed by atoms with E-state index < -0.39 is 0 Å². The van der Waals surface area contributed by atoms with Gasteiger partial charge in [0.2, 0.25) is 5.91 Å². The number of nitrogens with one attached hydrogen (secondary N) is 2. The molecule has 1 saturated carbocycles. The van der Waals surface area contributed by atoms with Gasteiger partial charge in [-0.3, -0.25) is 10.1 Å². The maximum atomic E-state index is 11.1. The van der Waals surface area contributed by atoms with Crippen LogP contribution in [0.25, 0.3) is 0 Å². The summed E-state index contributed by atoms with van der Waals surface area (Å²) >= 11 is 0. The number of rotatable bonds is 6. The monoisotopic (exact) mass is 270 g/mol. The number of amides is 1. The molecule has 1 aliphatic rings. The molecule has 4 heteroatoms. The van der Waals surface area contributed by atoms with Crippen LogP contribution in [0.1, 0.15) is 47.0 Å². The summed E-state index contributed by atoms with van der Waals surface area (Å²) in [4.78, 5) is 11.1. The van der Waals surface area contributed by atoms with Crippen molar-refractivity contribution in [3.8, 4) is 0 Å². The van der Waals surface area contributed by atoms with Gasteiger partial charge in [-0.25, -0.2) is 0 Å². The van der Waals surface area contributed by atoms with Crippen LogP contribution in [-0.4, -0.2) is 32.8 Å². The van der Waals surface area contributed by atoms with E-state index >= 15 is 0 Å². The zero-order valence-electron chi connectivity index (χ0n) is 13.1. The van der Waals surface area contributed by atoms with Gasteiger partial charge in [0.15, 0.2) is 0 Å². The average Bonchev–Trinajstić information content (AvgIpc) is 2.24. The van der Waals surface area contributed by atoms with Crippen LogP contribution in [0.15, 0.2) is 0 Å². The molecule has 0 aromatic carbocycles. The van der Waals surface area contributed by atoms with Gasteiger partial charge in [0.1, 0.15) is 0 Å². The fraction of sp³-hybridized carbons (Fsp3) is 0.933. The Labute approximate surface area is 117 Å². The van der Waals surface area contributed by atoms with Gasteiger partial charge >= 0.3 is 0 Å². The lowest BCUT2D eigenvalue weighted by Crippen LogP contribution is -2.45. The molecule has 2 unspecified atom stereocenters. The normalized spacial score (nSPS) is 30.1. The van der Waals surface area contributed by atoms with Crippen LogP contribution in [0.4, 0.5) is 0 Å². The highest BCUT2D eigenvalue weighted by molar-refractivity contribution is 5.72. The molecule has 1 rings (SSSR count). The van der Waals surface area contributed by atoms with Gasteiger partial charge in [-0.05, 0) is 36.0 Å². The standard InChI is InChI=1S/C15H30N2O2/c1-12(18)17-8-13-6-14(2,3)9-15(4,7-13)10-16-11-19-5/h13,16H,6-11H2,1-5H3,(H,17,18). The smallest absolute Gasteiger partial charge is 0.216 e. The fourth-order valence-electron chi connectivity index (χ4n) is 3.87. The lowest BCUT2D eigenvalue weighted by Gasteiger charge is -2.47. The molecule has 2 atom stereocenters. The van der Waals surface area contributed by atoms with Crippen LogP contribution in [0.3, 0.4) is 0 Å². The Kier molecular flexibility index (Phi) is 5.81. The molecule has 4 nitrogen and oxygen atoms in total. The van der Waals surface area contributed by atoms with Crippen molar-refractivity contribution in [3.63, 3.8) is 0 Å². The summed E-state index contributed by atoms with van der Waals surface area (Å²) in [6, 6.07) is 0. The molecule has 19 heavy (non-hydrogen) atoms. The molecule has 0 radical (unpaired) electrons. The summed E-state index contributed by atoms with van der Waals surface area (Å²) in [6.45, 7) is 11.0. The number of carbonyl (C=O) groups excluding carboxylic acids is 1. The third-order valence-corrected chi connectivity index (χ3v) is 3.97. The lowest BCUT2D eigenvalue weighted by atomic mass is 9.60. The zero-order valence-corrected chi connectivity index (χ0v) is 13.1. The molecule has 0 spiro atoms. The molecule has 1 amide bonds. The Morgan fingerprint density at radius 3 is 2.58 bits per heavy atom. The topological polar surface area (TPSA) is 50.4 Å². The largest absolute Gasteiger partial charge is 0.370 e. The molecule has 0 saturated heterocycles. The van der Waals surface area contributed by atoms with Crippen LogP contribution in [0.2, 0.25) is 0 Å². The van der Waals surface area contributed by atoms with Gasteiger partial charge in [0.25, 0.3) is 0 Å². The van der Waals surface area contributed by atoms with E-state index in [0.717, 1.165) is 19.5 Å². The third kappa shape index (κ3) is 5.91. The molecule has 0 bridgehead atoms. The Morgan fingerprint density at radius 2 is 2.00 bits per heavy atom. The highest BCUT2D eigenvalue weighted by Crippen LogP contribution is 2.48. The Hall–Kier alpha value is -0.610. The Bertz CT molecular complexity index is 305. The second kappa shape index (κ2) is 6.71. The summed E-state index contributed by atoms with van der Waals surface area (Å²) in [5.41, 5.74) is 0.619. The van der Waals surface area contributed by atoms with Gasteiger partial charge < -0.3 is 10.1 Å². The molecule has 1 fully saturated rings. The number of hydrogen-bond acceptors (Lipinski definition) is 3. The average molecular weight is 270 g/mol. The van der Waals surface area contributed by atoms with Gasteiger partial charge in [0.05, 0.1) is 6.73 Å². The van der Waals surface area contributed by atoms with Crippen molar-refractivity contribution in [2.75, 3.05) is 26.9 Å². The molecule has 0 aromatic rings. The fourth-order valence-corrected chi connectivity index (χ4v) is 3.87. The first-order valence-electron chi connectivity index (χ1n) is 7.20. The van der Waals surface area contributed by atoms with E-state index in [0.29, 0.717) is 18.1 Å². The SMILES string of the molecule is COCNCC1(C)CC(CNC(C)=O)CC(C)(C)C1. The van der Waals surface area contributed by atoms with Crippen molar-refractivity contribution < 1.29 is 9.53 Å². The summed E-state index contributed by atoms with van der Waals surface area (Å²) in [7, 11) is 1.71. The number of carbonyl (C=O) groups is 1. The summed E-state index contributed by atoms with van der Waals surface area (Å²) in [6.07, 6.45) is 3.56. The first-order chi connectivity index (χ1) is 8.76. The summed E-state index contributed by atoms with van der Waals surface area (Å²) < 4.78 is 5.07. The predicted octanol–water partition coefficient (Wildman–Crippen LogP) is 2.15. The quantitative estimate of drug-likeness (QED) is 0.574. The Morgan fingerprint density at radius 1 is 1.32 bits per heavy atom. The maximum Gasteiger partial charge on any atom is 0.216 e. The van der Waals surface area contributed by atoms with E-state index in [9.17, 15) is 4.79 Å². The van der Waals surface area contributed by atoms with Crippen LogP contribution in [0, 0.1) is 16.7 Å². The van der Waals surface area contributed by atoms with E-state index in [2.05, 4.69) is 31.4 Å². The van der Waals surface area contributed by atoms with Crippen LogP contribution in [-0.2, 0) is 9.53 Å². The third-order valence-electron chi connectivity index (χ3n) is 3.97. The van der Waals surface area contributed by atoms with Crippen molar-refractivity contribution in [1.82, 2.24) is 10.6 Å². The first kappa shape index (κ1) is 16.4. The molecule has 0 aromatic heterocycles. The van der Waals surface area contributed by atoms with E-state index in [-0.39, 0.29) is 11.3 Å². The molecular formula is C15H30N2O2. The molecule has 0 heterocycles. The first-order valence-corrected chi connectivity index (χ1v) is 7.20. The molecular weight excluding hydrogens is 240 g/mol. The van der Waals surface area contributed by atoms with Crippen molar-refractivity contribution in [2.24, 2.45) is 16.7 Å². The zero-order chi connectivity index (χ0) is 14.5. The van der Waals surface area contributed by atoms with Gasteiger partial charge in [-0.1, -0.05) is 20.8 Å². The van der Waals surface area contributed by atoms with Crippen molar-refractivity contribution in [1.29, 1.82) is 0 Å². The van der Waals surface area contributed by atoms with Gasteiger partial charge in [0, 0.05) is 27.1 Å². The van der Waals surface area contributed by atoms with Crippen molar-refractivity contribution in [2.45, 2.75) is 47.0 Å². The van der Waals surface area contributed by atoms with Crippen molar-refractivity contribution in [3.05, 3.63) is 0 Å². The van der Waals surface area contributed by atoms with E-state index in [1.165, 1.54) is 12.8 Å². The van der Waals surface area contributed by atoms with Gasteiger partial charge in [-0.2, -0.15) is 0 Å².